The number of hydrogen-bond acceptors (Lipinski definition) is 2. The molecule has 0 saturated heterocycles. The molecule has 198 valence electrons. The smallest absolute Gasteiger partial charge is 0.381 e. The Morgan fingerprint density at radius 1 is 0.824 bits per heavy atom. The van der Waals surface area contributed by atoms with Gasteiger partial charge in [0.15, 0.2) is 11.2 Å². The first kappa shape index (κ1) is 26.6. The molecule has 0 amide bonds. The molecule has 0 aliphatic heterocycles. The minimum Gasteiger partial charge on any atom is -0.381 e. The Hall–Kier alpha value is -0.500. The molecule has 0 spiro atoms. The van der Waals surface area contributed by atoms with Crippen molar-refractivity contribution in [3.63, 3.8) is 0 Å². The summed E-state index contributed by atoms with van der Waals surface area (Å²) in [5.41, 5.74) is -5.36. The van der Waals surface area contributed by atoms with Crippen LogP contribution < -0.4 is 0 Å². The average Bonchev–Trinajstić information content (AvgIpc) is 3.03. The second-order valence-electron chi connectivity index (χ2n) is 12.9. The van der Waals surface area contributed by atoms with Gasteiger partial charge in [-0.15, -0.1) is 0 Å². The van der Waals surface area contributed by atoms with Crippen molar-refractivity contribution in [2.75, 3.05) is 0 Å². The fraction of sp³-hybridized carbons (Fsp3) is 1.00. The van der Waals surface area contributed by atoms with E-state index in [-0.39, 0.29) is 36.0 Å². The molecule has 0 heterocycles. The standard InChI is InChI=1S/C26H40F6O2/c1-21-12-10-20-18(8-6-17-15-24(34,26(30,31)32)14-13-22(17,20)2)19(21)9-7-16(21)5-4-11-23(3,33)25(27,28)29/h16-20,33-34H,4-15H2,1-3H3/t16-,17+,18+,19+,20+,21-,22+,23+,24+/m1/s1. The molecule has 2 N–H and O–H groups in total. The van der Waals surface area contributed by atoms with Crippen LogP contribution in [0.4, 0.5) is 26.3 Å². The molecule has 0 aromatic heterocycles. The zero-order valence-corrected chi connectivity index (χ0v) is 20.5. The largest absolute Gasteiger partial charge is 0.417 e. The van der Waals surface area contributed by atoms with Gasteiger partial charge in [-0.1, -0.05) is 13.8 Å². The van der Waals surface area contributed by atoms with Gasteiger partial charge in [-0.3, -0.25) is 0 Å². The van der Waals surface area contributed by atoms with Gasteiger partial charge in [0.2, 0.25) is 0 Å². The van der Waals surface area contributed by atoms with E-state index in [2.05, 4.69) is 13.8 Å². The summed E-state index contributed by atoms with van der Waals surface area (Å²) in [5, 5.41) is 20.1. The lowest BCUT2D eigenvalue weighted by molar-refractivity contribution is -0.290. The third-order valence-electron chi connectivity index (χ3n) is 11.3. The maximum atomic E-state index is 13.5. The van der Waals surface area contributed by atoms with Crippen LogP contribution in [-0.4, -0.2) is 33.8 Å². The molecule has 0 aromatic carbocycles. The Morgan fingerprint density at radius 3 is 2.09 bits per heavy atom. The van der Waals surface area contributed by atoms with Crippen LogP contribution in [0.5, 0.6) is 0 Å². The van der Waals surface area contributed by atoms with Crippen LogP contribution in [0.1, 0.15) is 97.8 Å². The van der Waals surface area contributed by atoms with Gasteiger partial charge < -0.3 is 10.2 Å². The van der Waals surface area contributed by atoms with E-state index >= 15 is 0 Å². The zero-order valence-electron chi connectivity index (χ0n) is 20.5. The van der Waals surface area contributed by atoms with Crippen molar-refractivity contribution in [2.24, 2.45) is 40.4 Å². The van der Waals surface area contributed by atoms with E-state index in [9.17, 15) is 36.6 Å². The molecule has 0 bridgehead atoms. The van der Waals surface area contributed by atoms with E-state index in [4.69, 9.17) is 0 Å². The molecule has 0 aromatic rings. The van der Waals surface area contributed by atoms with Gasteiger partial charge in [-0.05, 0) is 124 Å². The Kier molecular flexibility index (Phi) is 6.45. The number of hydrogen-bond donors (Lipinski definition) is 2. The molecule has 2 nitrogen and oxygen atoms in total. The van der Waals surface area contributed by atoms with Crippen LogP contribution in [0.15, 0.2) is 0 Å². The predicted molar refractivity (Wildman–Crippen MR) is 117 cm³/mol. The summed E-state index contributed by atoms with van der Waals surface area (Å²) in [6.07, 6.45) is -3.00. The number of halogens is 6. The van der Waals surface area contributed by atoms with Gasteiger partial charge in [-0.2, -0.15) is 26.3 Å². The summed E-state index contributed by atoms with van der Waals surface area (Å²) in [6, 6.07) is 0. The van der Waals surface area contributed by atoms with Gasteiger partial charge in [0, 0.05) is 0 Å². The topological polar surface area (TPSA) is 40.5 Å². The van der Waals surface area contributed by atoms with Crippen molar-refractivity contribution in [3.05, 3.63) is 0 Å². The Balaban J connectivity index is 1.43. The fourth-order valence-electron chi connectivity index (χ4n) is 8.92. The van der Waals surface area contributed by atoms with Gasteiger partial charge in [0.05, 0.1) is 0 Å². The molecule has 0 radical (unpaired) electrons. The monoisotopic (exact) mass is 498 g/mol. The highest BCUT2D eigenvalue weighted by molar-refractivity contribution is 5.11. The van der Waals surface area contributed by atoms with Crippen molar-refractivity contribution >= 4 is 0 Å². The molecule has 8 heteroatoms. The van der Waals surface area contributed by atoms with Crippen LogP contribution in [-0.2, 0) is 0 Å². The van der Waals surface area contributed by atoms with Crippen molar-refractivity contribution in [3.8, 4) is 0 Å². The van der Waals surface area contributed by atoms with Crippen LogP contribution in [0.2, 0.25) is 0 Å². The first-order valence-electron chi connectivity index (χ1n) is 13.0. The van der Waals surface area contributed by atoms with Crippen LogP contribution in [0, 0.1) is 40.4 Å². The molecule has 4 fully saturated rings. The lowest BCUT2D eigenvalue weighted by atomic mass is 9.43. The second kappa shape index (κ2) is 8.26. The van der Waals surface area contributed by atoms with Gasteiger partial charge >= 0.3 is 12.4 Å². The van der Waals surface area contributed by atoms with Gasteiger partial charge in [0.1, 0.15) is 0 Å². The Labute approximate surface area is 198 Å². The van der Waals surface area contributed by atoms with Crippen molar-refractivity contribution in [1.29, 1.82) is 0 Å². The first-order chi connectivity index (χ1) is 15.4. The third kappa shape index (κ3) is 4.10. The van der Waals surface area contributed by atoms with E-state index in [1.165, 1.54) is 0 Å². The molecular formula is C26H40F6O2. The van der Waals surface area contributed by atoms with Crippen LogP contribution in [0.3, 0.4) is 0 Å². The van der Waals surface area contributed by atoms with E-state index in [1.54, 1.807) is 0 Å². The van der Waals surface area contributed by atoms with Crippen molar-refractivity contribution in [2.45, 2.75) is 121 Å². The lowest BCUT2D eigenvalue weighted by Crippen LogP contribution is -2.59. The summed E-state index contributed by atoms with van der Waals surface area (Å²) >= 11 is 0. The molecule has 4 saturated carbocycles. The minimum absolute atomic E-state index is 0.0514. The number of rotatable bonds is 4. The van der Waals surface area contributed by atoms with Gasteiger partial charge in [-0.25, -0.2) is 0 Å². The Bertz CT molecular complexity index is 763. The maximum absolute atomic E-state index is 13.5. The summed E-state index contributed by atoms with van der Waals surface area (Å²) in [5.74, 6) is 1.46. The first-order valence-corrected chi connectivity index (χ1v) is 13.0. The molecule has 9 atom stereocenters. The predicted octanol–water partition coefficient (Wildman–Crippen LogP) is 7.42. The number of fused-ring (bicyclic) bond motifs is 5. The highest BCUT2D eigenvalue weighted by atomic mass is 19.4. The summed E-state index contributed by atoms with van der Waals surface area (Å²) in [6.45, 7) is 5.28. The third-order valence-corrected chi connectivity index (χ3v) is 11.3. The molecule has 4 rings (SSSR count). The summed E-state index contributed by atoms with van der Waals surface area (Å²) < 4.78 is 79.6. The molecule has 4 aliphatic carbocycles. The number of aliphatic hydroxyl groups is 2. The fourth-order valence-corrected chi connectivity index (χ4v) is 8.92. The van der Waals surface area contributed by atoms with E-state index in [0.29, 0.717) is 49.4 Å². The summed E-state index contributed by atoms with van der Waals surface area (Å²) in [4.78, 5) is 0. The van der Waals surface area contributed by atoms with E-state index < -0.39 is 23.6 Å². The van der Waals surface area contributed by atoms with Crippen molar-refractivity contribution < 1.29 is 36.6 Å². The molecule has 34 heavy (non-hydrogen) atoms. The highest BCUT2D eigenvalue weighted by Gasteiger charge is 2.65. The molecule has 0 unspecified atom stereocenters. The normalized spacial score (nSPS) is 46.9. The molecule has 4 aliphatic rings. The van der Waals surface area contributed by atoms with Crippen molar-refractivity contribution in [1.82, 2.24) is 0 Å². The SMILES string of the molecule is C[C@]12CC[C@@](O)(C(F)(F)F)C[C@@H]1CC[C@@H]1[C@@H]2CC[C@]2(C)[C@H](CCC[C@](C)(O)C(F)(F)F)CC[C@@H]12. The lowest BCUT2D eigenvalue weighted by Gasteiger charge is -2.62. The molecular weight excluding hydrogens is 458 g/mol. The van der Waals surface area contributed by atoms with E-state index in [1.807, 2.05) is 0 Å². The van der Waals surface area contributed by atoms with Gasteiger partial charge in [0.25, 0.3) is 0 Å². The second-order valence-corrected chi connectivity index (χ2v) is 12.9. The average molecular weight is 499 g/mol. The Morgan fingerprint density at radius 2 is 1.47 bits per heavy atom. The zero-order chi connectivity index (χ0) is 25.4. The van der Waals surface area contributed by atoms with E-state index in [0.717, 1.165) is 39.0 Å². The highest BCUT2D eigenvalue weighted by Crippen LogP contribution is 2.69. The van der Waals surface area contributed by atoms with Crippen LogP contribution in [0.25, 0.3) is 0 Å². The maximum Gasteiger partial charge on any atom is 0.417 e. The quantitative estimate of drug-likeness (QED) is 0.396. The number of alkyl halides is 6. The minimum atomic E-state index is -4.63. The van der Waals surface area contributed by atoms with Crippen LogP contribution >= 0.6 is 0 Å². The summed E-state index contributed by atoms with van der Waals surface area (Å²) in [7, 11) is 0.